The second-order valence-corrected chi connectivity index (χ2v) is 8.87. The molecule has 0 aliphatic heterocycles. The molecule has 0 fully saturated rings. The lowest BCUT2D eigenvalue weighted by atomic mass is 9.87. The zero-order chi connectivity index (χ0) is 22.8. The van der Waals surface area contributed by atoms with Crippen LogP contribution in [0.2, 0.25) is 0 Å². The van der Waals surface area contributed by atoms with Crippen molar-refractivity contribution in [2.24, 2.45) is 0 Å². The molecule has 0 saturated heterocycles. The second-order valence-electron chi connectivity index (χ2n) is 8.87. The van der Waals surface area contributed by atoms with Crippen LogP contribution in [0.3, 0.4) is 0 Å². The Kier molecular flexibility index (Phi) is 4.01. The average Bonchev–Trinajstić information content (AvgIpc) is 2.90. The Balaban J connectivity index is 1.80. The summed E-state index contributed by atoms with van der Waals surface area (Å²) in [7, 11) is 3.37. The molecule has 0 spiro atoms. The summed E-state index contributed by atoms with van der Waals surface area (Å²) in [5.74, 6) is 1.49. The van der Waals surface area contributed by atoms with Crippen molar-refractivity contribution >= 4 is 64.6 Å². The SMILES string of the molecule is COc1cc2cc3c(cc2cc1OC)c1ccc2ccccc2c1c1c2ccccc2ccc31. The molecule has 0 bridgehead atoms. The topological polar surface area (TPSA) is 18.5 Å². The fourth-order valence-corrected chi connectivity index (χ4v) is 5.60. The van der Waals surface area contributed by atoms with Crippen molar-refractivity contribution in [2.75, 3.05) is 14.2 Å². The number of ether oxygens (including phenoxy) is 2. The largest absolute Gasteiger partial charge is 0.493 e. The third-order valence-electron chi connectivity index (χ3n) is 7.17. The summed E-state index contributed by atoms with van der Waals surface area (Å²) >= 11 is 0. The fraction of sp³-hybridized carbons (Fsp3) is 0.0625. The number of fused-ring (bicyclic) bond motifs is 11. The van der Waals surface area contributed by atoms with E-state index in [1.54, 1.807) is 14.2 Å². The van der Waals surface area contributed by atoms with Gasteiger partial charge in [-0.2, -0.15) is 0 Å². The highest BCUT2D eigenvalue weighted by molar-refractivity contribution is 6.37. The molecule has 0 saturated carbocycles. The maximum Gasteiger partial charge on any atom is 0.161 e. The van der Waals surface area contributed by atoms with Crippen LogP contribution < -0.4 is 9.47 Å². The molecule has 2 nitrogen and oxygen atoms in total. The molecule has 0 aromatic heterocycles. The van der Waals surface area contributed by atoms with Crippen molar-refractivity contribution in [3.63, 3.8) is 0 Å². The van der Waals surface area contributed by atoms with Crippen LogP contribution in [0, 0.1) is 0 Å². The molecular formula is C32H22O2. The van der Waals surface area contributed by atoms with Crippen LogP contribution in [0.15, 0.2) is 97.1 Å². The van der Waals surface area contributed by atoms with Crippen LogP contribution in [0.25, 0.3) is 64.6 Å². The smallest absolute Gasteiger partial charge is 0.161 e. The minimum absolute atomic E-state index is 0.746. The lowest BCUT2D eigenvalue weighted by molar-refractivity contribution is 0.356. The normalized spacial score (nSPS) is 11.8. The maximum absolute atomic E-state index is 5.59. The molecular weight excluding hydrogens is 416 g/mol. The molecule has 0 aliphatic rings. The van der Waals surface area contributed by atoms with Crippen molar-refractivity contribution in [1.29, 1.82) is 0 Å². The van der Waals surface area contributed by atoms with Crippen molar-refractivity contribution in [1.82, 2.24) is 0 Å². The zero-order valence-electron chi connectivity index (χ0n) is 19.1. The molecule has 0 aliphatic carbocycles. The van der Waals surface area contributed by atoms with E-state index < -0.39 is 0 Å². The molecule has 34 heavy (non-hydrogen) atoms. The van der Waals surface area contributed by atoms with Gasteiger partial charge in [-0.15, -0.1) is 0 Å². The first-order chi connectivity index (χ1) is 16.8. The van der Waals surface area contributed by atoms with Gasteiger partial charge < -0.3 is 9.47 Å². The predicted molar refractivity (Wildman–Crippen MR) is 145 cm³/mol. The Hall–Kier alpha value is -4.30. The van der Waals surface area contributed by atoms with Crippen LogP contribution >= 0.6 is 0 Å². The van der Waals surface area contributed by atoms with Gasteiger partial charge in [0, 0.05) is 0 Å². The van der Waals surface area contributed by atoms with Crippen LogP contribution in [0.5, 0.6) is 11.5 Å². The number of hydrogen-bond donors (Lipinski definition) is 0. The van der Waals surface area contributed by atoms with E-state index in [1.807, 2.05) is 0 Å². The van der Waals surface area contributed by atoms with Crippen LogP contribution in [0.4, 0.5) is 0 Å². The van der Waals surface area contributed by atoms with Gasteiger partial charge in [0.2, 0.25) is 0 Å². The average molecular weight is 439 g/mol. The fourth-order valence-electron chi connectivity index (χ4n) is 5.60. The summed E-state index contributed by atoms with van der Waals surface area (Å²) in [5, 5.41) is 15.1. The van der Waals surface area contributed by atoms with Crippen molar-refractivity contribution in [3.8, 4) is 11.5 Å². The lowest BCUT2D eigenvalue weighted by Gasteiger charge is -2.16. The van der Waals surface area contributed by atoms with Crippen LogP contribution in [0.1, 0.15) is 0 Å². The summed E-state index contributed by atoms with van der Waals surface area (Å²) in [6.07, 6.45) is 0. The summed E-state index contributed by atoms with van der Waals surface area (Å²) in [4.78, 5) is 0. The Morgan fingerprint density at radius 2 is 0.824 bits per heavy atom. The molecule has 162 valence electrons. The van der Waals surface area contributed by atoms with E-state index in [4.69, 9.17) is 9.47 Å². The van der Waals surface area contributed by atoms with Crippen molar-refractivity contribution in [2.45, 2.75) is 0 Å². The Bertz CT molecular complexity index is 1790. The van der Waals surface area contributed by atoms with E-state index >= 15 is 0 Å². The molecule has 0 radical (unpaired) electrons. The maximum atomic E-state index is 5.59. The first-order valence-electron chi connectivity index (χ1n) is 11.5. The van der Waals surface area contributed by atoms with Crippen LogP contribution in [-0.2, 0) is 0 Å². The minimum Gasteiger partial charge on any atom is -0.493 e. The standard InChI is InChI=1S/C32H22O2/c1-33-29-17-21-15-27-25-13-11-19-7-3-5-9-23(19)31(25)32-24-10-6-4-8-20(24)12-14-26(32)28(27)16-22(21)18-30(29)34-2/h3-18H,1-2H3. The molecule has 0 unspecified atom stereocenters. The Morgan fingerprint density at radius 3 is 1.26 bits per heavy atom. The summed E-state index contributed by atoms with van der Waals surface area (Å²) in [5.41, 5.74) is 0. The van der Waals surface area contributed by atoms with E-state index in [0.717, 1.165) is 22.3 Å². The number of methoxy groups -OCH3 is 2. The van der Waals surface area contributed by atoms with E-state index in [9.17, 15) is 0 Å². The van der Waals surface area contributed by atoms with E-state index in [0.29, 0.717) is 0 Å². The molecule has 0 N–H and O–H groups in total. The highest BCUT2D eigenvalue weighted by Gasteiger charge is 2.15. The van der Waals surface area contributed by atoms with Gasteiger partial charge in [0.15, 0.2) is 11.5 Å². The molecule has 7 aromatic rings. The number of rotatable bonds is 2. The van der Waals surface area contributed by atoms with Gasteiger partial charge in [-0.1, -0.05) is 72.8 Å². The van der Waals surface area contributed by atoms with E-state index in [-0.39, 0.29) is 0 Å². The van der Waals surface area contributed by atoms with Crippen molar-refractivity contribution in [3.05, 3.63) is 97.1 Å². The van der Waals surface area contributed by atoms with Gasteiger partial charge in [-0.25, -0.2) is 0 Å². The highest BCUT2D eigenvalue weighted by atomic mass is 16.5. The van der Waals surface area contributed by atoms with Gasteiger partial charge in [0.25, 0.3) is 0 Å². The van der Waals surface area contributed by atoms with Gasteiger partial charge >= 0.3 is 0 Å². The highest BCUT2D eigenvalue weighted by Crippen LogP contribution is 2.44. The second kappa shape index (κ2) is 7.10. The minimum atomic E-state index is 0.746. The number of hydrogen-bond acceptors (Lipinski definition) is 2. The molecule has 0 heterocycles. The van der Waals surface area contributed by atoms with Gasteiger partial charge in [0.1, 0.15) is 0 Å². The molecule has 7 rings (SSSR count). The lowest BCUT2D eigenvalue weighted by Crippen LogP contribution is -1.91. The van der Waals surface area contributed by atoms with Gasteiger partial charge in [-0.3, -0.25) is 0 Å². The molecule has 7 aromatic carbocycles. The Labute approximate surface area is 196 Å². The summed E-state index contributed by atoms with van der Waals surface area (Å²) < 4.78 is 11.2. The van der Waals surface area contributed by atoms with Gasteiger partial charge in [-0.05, 0) is 88.9 Å². The summed E-state index contributed by atoms with van der Waals surface area (Å²) in [6, 6.07) is 35.2. The first kappa shape index (κ1) is 19.2. The first-order valence-corrected chi connectivity index (χ1v) is 11.5. The molecule has 0 atom stereocenters. The quantitative estimate of drug-likeness (QED) is 0.199. The predicted octanol–water partition coefficient (Wildman–Crippen LogP) is 8.62. The van der Waals surface area contributed by atoms with E-state index in [1.165, 1.54) is 53.9 Å². The Morgan fingerprint density at radius 1 is 0.382 bits per heavy atom. The van der Waals surface area contributed by atoms with E-state index in [2.05, 4.69) is 97.1 Å². The van der Waals surface area contributed by atoms with Gasteiger partial charge in [0.05, 0.1) is 14.2 Å². The third-order valence-corrected chi connectivity index (χ3v) is 7.17. The molecule has 2 heteroatoms. The monoisotopic (exact) mass is 438 g/mol. The van der Waals surface area contributed by atoms with Crippen LogP contribution in [-0.4, -0.2) is 14.2 Å². The third kappa shape index (κ3) is 2.57. The zero-order valence-corrected chi connectivity index (χ0v) is 19.1. The van der Waals surface area contributed by atoms with Crippen molar-refractivity contribution < 1.29 is 9.47 Å². The summed E-state index contributed by atoms with van der Waals surface area (Å²) in [6.45, 7) is 0. The number of benzene rings is 7. The molecule has 0 amide bonds.